The van der Waals surface area contributed by atoms with Crippen molar-refractivity contribution in [2.45, 2.75) is 50.7 Å². The number of anilines is 1. The number of nitrogens with zero attached hydrogens (tertiary/aromatic N) is 1. The normalized spacial score (nSPS) is 24.8. The average molecular weight is 337 g/mol. The van der Waals surface area contributed by atoms with E-state index in [9.17, 15) is 14.7 Å². The molecule has 2 aliphatic rings. The SMILES string of the molecule is O=C(NC1CCCCC1O)c1cc(N2CCCC2=O)ccc1Cl. The van der Waals surface area contributed by atoms with Crippen molar-refractivity contribution in [2.24, 2.45) is 0 Å². The lowest BCUT2D eigenvalue weighted by Gasteiger charge is -2.28. The summed E-state index contributed by atoms with van der Waals surface area (Å²) in [6.45, 7) is 0.670. The van der Waals surface area contributed by atoms with Crippen LogP contribution in [-0.2, 0) is 4.79 Å². The van der Waals surface area contributed by atoms with Gasteiger partial charge in [0.1, 0.15) is 0 Å². The zero-order chi connectivity index (χ0) is 16.4. The Labute approximate surface area is 140 Å². The Morgan fingerprint density at radius 3 is 2.74 bits per heavy atom. The van der Waals surface area contributed by atoms with Crippen molar-refractivity contribution in [3.63, 3.8) is 0 Å². The van der Waals surface area contributed by atoms with Gasteiger partial charge in [-0.3, -0.25) is 9.59 Å². The highest BCUT2D eigenvalue weighted by Crippen LogP contribution is 2.27. The van der Waals surface area contributed by atoms with E-state index < -0.39 is 6.10 Å². The van der Waals surface area contributed by atoms with Gasteiger partial charge in [-0.1, -0.05) is 24.4 Å². The van der Waals surface area contributed by atoms with Crippen molar-refractivity contribution in [3.05, 3.63) is 28.8 Å². The molecule has 5 nitrogen and oxygen atoms in total. The number of carbonyl (C=O) groups excluding carboxylic acids is 2. The molecule has 1 aliphatic carbocycles. The molecule has 2 fully saturated rings. The molecule has 0 spiro atoms. The summed E-state index contributed by atoms with van der Waals surface area (Å²) in [5, 5.41) is 13.2. The topological polar surface area (TPSA) is 69.6 Å². The quantitative estimate of drug-likeness (QED) is 0.891. The van der Waals surface area contributed by atoms with Crippen molar-refractivity contribution in [1.29, 1.82) is 0 Å². The Morgan fingerprint density at radius 1 is 1.26 bits per heavy atom. The summed E-state index contributed by atoms with van der Waals surface area (Å²) < 4.78 is 0. The lowest BCUT2D eigenvalue weighted by Crippen LogP contribution is -2.45. The summed E-state index contributed by atoms with van der Waals surface area (Å²) in [6.07, 6.45) is 4.33. The van der Waals surface area contributed by atoms with Crippen LogP contribution < -0.4 is 10.2 Å². The number of aliphatic hydroxyl groups is 1. The number of carbonyl (C=O) groups is 2. The minimum atomic E-state index is -0.505. The van der Waals surface area contributed by atoms with E-state index in [4.69, 9.17) is 11.6 Å². The second kappa shape index (κ2) is 6.89. The zero-order valence-electron chi connectivity index (χ0n) is 12.9. The van der Waals surface area contributed by atoms with Crippen molar-refractivity contribution >= 4 is 29.1 Å². The Balaban J connectivity index is 1.78. The third-order valence-electron chi connectivity index (χ3n) is 4.63. The van der Waals surface area contributed by atoms with Crippen molar-refractivity contribution in [1.82, 2.24) is 5.32 Å². The van der Waals surface area contributed by atoms with Gasteiger partial charge in [-0.2, -0.15) is 0 Å². The Kier molecular flexibility index (Phi) is 4.87. The molecule has 0 radical (unpaired) electrons. The van der Waals surface area contributed by atoms with Crippen LogP contribution in [0.4, 0.5) is 5.69 Å². The van der Waals surface area contributed by atoms with Gasteiger partial charge in [-0.25, -0.2) is 0 Å². The summed E-state index contributed by atoms with van der Waals surface area (Å²) in [5.41, 5.74) is 1.05. The maximum absolute atomic E-state index is 12.5. The van der Waals surface area contributed by atoms with Gasteiger partial charge in [0.05, 0.1) is 22.7 Å². The molecule has 2 atom stereocenters. The highest BCUT2D eigenvalue weighted by atomic mass is 35.5. The Hall–Kier alpha value is -1.59. The third kappa shape index (κ3) is 3.51. The molecule has 1 saturated heterocycles. The fourth-order valence-electron chi connectivity index (χ4n) is 3.30. The van der Waals surface area contributed by atoms with E-state index in [-0.39, 0.29) is 17.9 Å². The molecule has 124 valence electrons. The maximum atomic E-state index is 12.5. The molecule has 2 unspecified atom stereocenters. The van der Waals surface area contributed by atoms with Crippen LogP contribution in [0, 0.1) is 0 Å². The predicted octanol–water partition coefficient (Wildman–Crippen LogP) is 2.50. The summed E-state index contributed by atoms with van der Waals surface area (Å²) in [4.78, 5) is 26.1. The highest BCUT2D eigenvalue weighted by Gasteiger charge is 2.27. The number of aliphatic hydroxyl groups excluding tert-OH is 1. The van der Waals surface area contributed by atoms with Crippen LogP contribution in [0.1, 0.15) is 48.9 Å². The van der Waals surface area contributed by atoms with E-state index in [2.05, 4.69) is 5.32 Å². The number of amides is 2. The molecule has 23 heavy (non-hydrogen) atoms. The smallest absolute Gasteiger partial charge is 0.253 e. The monoisotopic (exact) mass is 336 g/mol. The number of halogens is 1. The highest BCUT2D eigenvalue weighted by molar-refractivity contribution is 6.34. The van der Waals surface area contributed by atoms with Crippen LogP contribution in [0.2, 0.25) is 5.02 Å². The van der Waals surface area contributed by atoms with Gasteiger partial charge in [0, 0.05) is 18.7 Å². The fourth-order valence-corrected chi connectivity index (χ4v) is 3.51. The van der Waals surface area contributed by atoms with Gasteiger partial charge in [-0.15, -0.1) is 0 Å². The van der Waals surface area contributed by atoms with E-state index in [0.717, 1.165) is 25.7 Å². The number of hydrogen-bond donors (Lipinski definition) is 2. The first-order valence-corrected chi connectivity index (χ1v) is 8.53. The molecule has 1 aromatic rings. The molecule has 3 rings (SSSR count). The summed E-state index contributed by atoms with van der Waals surface area (Å²) in [5.74, 6) is -0.226. The molecule has 0 aromatic heterocycles. The van der Waals surface area contributed by atoms with Crippen LogP contribution >= 0.6 is 11.6 Å². The molecule has 1 aliphatic heterocycles. The first-order valence-electron chi connectivity index (χ1n) is 8.15. The molecule has 0 bridgehead atoms. The molecule has 6 heteroatoms. The van der Waals surface area contributed by atoms with E-state index in [1.54, 1.807) is 23.1 Å². The van der Waals surface area contributed by atoms with E-state index in [1.807, 2.05) is 0 Å². The molecule has 1 heterocycles. The van der Waals surface area contributed by atoms with Crippen LogP contribution in [-0.4, -0.2) is 35.6 Å². The van der Waals surface area contributed by atoms with E-state index >= 15 is 0 Å². The first kappa shape index (κ1) is 16.3. The van der Waals surface area contributed by atoms with E-state index in [0.29, 0.717) is 35.7 Å². The average Bonchev–Trinajstić information content (AvgIpc) is 2.96. The Bertz CT molecular complexity index is 620. The lowest BCUT2D eigenvalue weighted by molar-refractivity contribution is -0.117. The van der Waals surface area contributed by atoms with Gasteiger partial charge >= 0.3 is 0 Å². The van der Waals surface area contributed by atoms with Crippen LogP contribution in [0.3, 0.4) is 0 Å². The minimum Gasteiger partial charge on any atom is -0.391 e. The molecule has 2 amide bonds. The van der Waals surface area contributed by atoms with Gasteiger partial charge in [0.25, 0.3) is 5.91 Å². The van der Waals surface area contributed by atoms with Crippen molar-refractivity contribution < 1.29 is 14.7 Å². The first-order chi connectivity index (χ1) is 11.1. The number of nitrogens with one attached hydrogen (secondary N) is 1. The molecule has 1 aromatic carbocycles. The van der Waals surface area contributed by atoms with Crippen molar-refractivity contribution in [3.8, 4) is 0 Å². The van der Waals surface area contributed by atoms with E-state index in [1.165, 1.54) is 0 Å². The van der Waals surface area contributed by atoms with Crippen molar-refractivity contribution in [2.75, 3.05) is 11.4 Å². The number of benzene rings is 1. The molecular formula is C17H21ClN2O3. The van der Waals surface area contributed by atoms with Crippen LogP contribution in [0.15, 0.2) is 18.2 Å². The fraction of sp³-hybridized carbons (Fsp3) is 0.529. The lowest BCUT2D eigenvalue weighted by atomic mass is 9.92. The summed E-state index contributed by atoms with van der Waals surface area (Å²) in [6, 6.07) is 4.84. The van der Waals surface area contributed by atoms with Crippen LogP contribution in [0.5, 0.6) is 0 Å². The Morgan fingerprint density at radius 2 is 2.04 bits per heavy atom. The zero-order valence-corrected chi connectivity index (χ0v) is 13.7. The van der Waals surface area contributed by atoms with Gasteiger partial charge in [0.15, 0.2) is 0 Å². The van der Waals surface area contributed by atoms with Gasteiger partial charge < -0.3 is 15.3 Å². The molecular weight excluding hydrogens is 316 g/mol. The molecule has 2 N–H and O–H groups in total. The summed E-state index contributed by atoms with van der Waals surface area (Å²) in [7, 11) is 0. The number of rotatable bonds is 3. The second-order valence-electron chi connectivity index (χ2n) is 6.24. The standard InChI is InChI=1S/C17H21ClN2O3/c18-13-8-7-11(20-9-3-6-16(20)22)10-12(13)17(23)19-14-4-1-2-5-15(14)21/h7-8,10,14-15,21H,1-6,9H2,(H,19,23). The largest absolute Gasteiger partial charge is 0.391 e. The predicted molar refractivity (Wildman–Crippen MR) is 88.8 cm³/mol. The number of hydrogen-bond acceptors (Lipinski definition) is 3. The summed E-state index contributed by atoms with van der Waals surface area (Å²) >= 11 is 6.16. The molecule has 1 saturated carbocycles. The van der Waals surface area contributed by atoms with Crippen LogP contribution in [0.25, 0.3) is 0 Å². The third-order valence-corrected chi connectivity index (χ3v) is 4.96. The maximum Gasteiger partial charge on any atom is 0.253 e. The van der Waals surface area contributed by atoms with Gasteiger partial charge in [-0.05, 0) is 37.5 Å². The second-order valence-corrected chi connectivity index (χ2v) is 6.65. The van der Waals surface area contributed by atoms with Gasteiger partial charge in [0.2, 0.25) is 5.91 Å². The minimum absolute atomic E-state index is 0.0707.